The number of amides is 1. The Morgan fingerprint density at radius 1 is 1.33 bits per heavy atom. The number of nitrogens with zero attached hydrogens (tertiary/aromatic N) is 3. The second-order valence-corrected chi connectivity index (χ2v) is 9.60. The van der Waals surface area contributed by atoms with E-state index in [1.54, 1.807) is 0 Å². The summed E-state index contributed by atoms with van der Waals surface area (Å²) in [6, 6.07) is 3.72. The number of imidazole rings is 1. The van der Waals surface area contributed by atoms with Gasteiger partial charge in [-0.25, -0.2) is 18.7 Å². The molecule has 0 bridgehead atoms. The quantitative estimate of drug-likeness (QED) is 0.201. The largest absolute Gasteiger partial charge is 0.494 e. The van der Waals surface area contributed by atoms with Crippen LogP contribution in [0.5, 0.6) is 11.6 Å². The van der Waals surface area contributed by atoms with Crippen molar-refractivity contribution in [1.82, 2.24) is 18.9 Å². The van der Waals surface area contributed by atoms with E-state index in [4.69, 9.17) is 9.94 Å². The van der Waals surface area contributed by atoms with Gasteiger partial charge in [0.25, 0.3) is 5.91 Å². The lowest BCUT2D eigenvalue weighted by Crippen LogP contribution is -2.45. The highest BCUT2D eigenvalue weighted by molar-refractivity contribution is 7.89. The molecule has 1 amide bonds. The highest BCUT2D eigenvalue weighted by Gasteiger charge is 2.45. The van der Waals surface area contributed by atoms with Gasteiger partial charge < -0.3 is 9.84 Å². The molecule has 0 saturated carbocycles. The summed E-state index contributed by atoms with van der Waals surface area (Å²) in [7, 11) is -4.17. The molecule has 180 valence electrons. The number of hydroxylamine groups is 1. The molecule has 1 aromatic carbocycles. The molecule has 33 heavy (non-hydrogen) atoms. The van der Waals surface area contributed by atoms with Crippen molar-refractivity contribution in [2.75, 3.05) is 13.2 Å². The van der Waals surface area contributed by atoms with Crippen LogP contribution in [-0.2, 0) is 21.4 Å². The van der Waals surface area contributed by atoms with Crippen molar-refractivity contribution >= 4 is 15.9 Å². The summed E-state index contributed by atoms with van der Waals surface area (Å²) < 4.78 is 35.4. The zero-order valence-corrected chi connectivity index (χ0v) is 19.1. The Labute approximate surface area is 191 Å². The van der Waals surface area contributed by atoms with Crippen molar-refractivity contribution < 1.29 is 28.3 Å². The minimum atomic E-state index is -4.17. The summed E-state index contributed by atoms with van der Waals surface area (Å²) >= 11 is 0. The number of hydrogen-bond acceptors (Lipinski definition) is 7. The van der Waals surface area contributed by atoms with E-state index in [0.717, 1.165) is 21.7 Å². The maximum atomic E-state index is 13.3. The topological polar surface area (TPSA) is 143 Å². The van der Waals surface area contributed by atoms with Crippen LogP contribution in [0.3, 0.4) is 0 Å². The van der Waals surface area contributed by atoms with Crippen LogP contribution >= 0.6 is 0 Å². The first-order valence-corrected chi connectivity index (χ1v) is 12.0. The molecule has 0 radical (unpaired) electrons. The Morgan fingerprint density at radius 3 is 2.64 bits per heavy atom. The van der Waals surface area contributed by atoms with Gasteiger partial charge in [-0.3, -0.25) is 19.1 Å². The summed E-state index contributed by atoms with van der Waals surface area (Å²) in [5.41, 5.74) is 0.930. The standard InChI is InChI=1S/C21H28N4O7S/c1-3-5-11-32-16-6-8-17(9-7-16)33(30,31)24-13-15(12-18(24)20(27)22-29)25-19(26)14-23(10-4-2)21(25)28/h4,6-9,14-15,18,26,29H,2-3,5,10-13H2,1H3,(H,22,27)/t15-,18+/m0/s1. The fraction of sp³-hybridized carbons (Fsp3) is 0.429. The first-order chi connectivity index (χ1) is 15.7. The number of ether oxygens (including phenoxy) is 1. The molecule has 1 fully saturated rings. The number of aromatic hydroxyl groups is 1. The molecule has 0 spiro atoms. The third-order valence-corrected chi connectivity index (χ3v) is 7.39. The normalized spacial score (nSPS) is 18.8. The number of rotatable bonds is 10. The van der Waals surface area contributed by atoms with Gasteiger partial charge in [0.1, 0.15) is 11.8 Å². The fourth-order valence-corrected chi connectivity index (χ4v) is 5.47. The van der Waals surface area contributed by atoms with Crippen molar-refractivity contribution in [1.29, 1.82) is 0 Å². The third kappa shape index (κ3) is 4.97. The SMILES string of the molecule is C=CCn1cc(O)n([C@H]2C[C@H](C(=O)NO)N(S(=O)(=O)c3ccc(OCCCC)cc3)C2)c1=O. The van der Waals surface area contributed by atoms with Gasteiger partial charge in [0.15, 0.2) is 0 Å². The van der Waals surface area contributed by atoms with E-state index in [1.165, 1.54) is 46.6 Å². The molecule has 3 rings (SSSR count). The van der Waals surface area contributed by atoms with Gasteiger partial charge in [-0.05, 0) is 37.1 Å². The van der Waals surface area contributed by atoms with Crippen molar-refractivity contribution in [2.24, 2.45) is 0 Å². The average Bonchev–Trinajstić information content (AvgIpc) is 3.35. The molecule has 0 aliphatic carbocycles. The van der Waals surface area contributed by atoms with Gasteiger partial charge >= 0.3 is 5.69 Å². The van der Waals surface area contributed by atoms with Crippen molar-refractivity contribution in [2.45, 2.75) is 49.7 Å². The third-order valence-electron chi connectivity index (χ3n) is 5.50. The summed E-state index contributed by atoms with van der Waals surface area (Å²) in [6.45, 7) is 6.01. The van der Waals surface area contributed by atoms with Crippen LogP contribution in [0.4, 0.5) is 0 Å². The van der Waals surface area contributed by atoms with E-state index < -0.39 is 33.7 Å². The molecule has 2 atom stereocenters. The van der Waals surface area contributed by atoms with Crippen LogP contribution in [-0.4, -0.2) is 57.3 Å². The molecular formula is C21H28N4O7S. The van der Waals surface area contributed by atoms with Crippen molar-refractivity contribution in [3.8, 4) is 11.6 Å². The summed E-state index contributed by atoms with van der Waals surface area (Å²) in [4.78, 5) is 24.9. The Hall–Kier alpha value is -3.09. The predicted octanol–water partition coefficient (Wildman–Crippen LogP) is 1.23. The molecular weight excluding hydrogens is 452 g/mol. The van der Waals surface area contributed by atoms with E-state index >= 15 is 0 Å². The van der Waals surface area contributed by atoms with Crippen molar-refractivity contribution in [3.05, 3.63) is 53.6 Å². The predicted molar refractivity (Wildman–Crippen MR) is 119 cm³/mol. The Morgan fingerprint density at radius 2 is 2.03 bits per heavy atom. The molecule has 2 aromatic rings. The zero-order valence-electron chi connectivity index (χ0n) is 18.3. The van der Waals surface area contributed by atoms with Gasteiger partial charge in [0.2, 0.25) is 15.9 Å². The minimum Gasteiger partial charge on any atom is -0.494 e. The molecule has 3 N–H and O–H groups in total. The Kier molecular flexibility index (Phi) is 7.61. The number of unbranched alkanes of at least 4 members (excludes halogenated alkanes) is 1. The van der Waals surface area contributed by atoms with E-state index in [0.29, 0.717) is 12.4 Å². The summed E-state index contributed by atoms with van der Waals surface area (Å²) in [5.74, 6) is -0.770. The summed E-state index contributed by atoms with van der Waals surface area (Å²) in [5, 5.41) is 19.4. The number of nitrogens with one attached hydrogen (secondary N) is 1. The van der Waals surface area contributed by atoms with Crippen LogP contribution < -0.4 is 15.9 Å². The smallest absolute Gasteiger partial charge is 0.331 e. The van der Waals surface area contributed by atoms with E-state index in [2.05, 4.69) is 6.58 Å². The van der Waals surface area contributed by atoms with E-state index in [-0.39, 0.29) is 30.3 Å². The number of carbonyl (C=O) groups excluding carboxylic acids is 1. The van der Waals surface area contributed by atoms with Gasteiger partial charge in [0, 0.05) is 13.1 Å². The molecule has 12 heteroatoms. The number of sulfonamides is 1. The lowest BCUT2D eigenvalue weighted by atomic mass is 10.1. The Bertz CT molecular complexity index is 1150. The van der Waals surface area contributed by atoms with Gasteiger partial charge in [-0.2, -0.15) is 4.31 Å². The Balaban J connectivity index is 1.91. The fourth-order valence-electron chi connectivity index (χ4n) is 3.83. The molecule has 1 aromatic heterocycles. The number of benzene rings is 1. The highest BCUT2D eigenvalue weighted by Crippen LogP contribution is 2.34. The number of hydrogen-bond donors (Lipinski definition) is 3. The van der Waals surface area contributed by atoms with Crippen molar-refractivity contribution in [3.63, 3.8) is 0 Å². The van der Waals surface area contributed by atoms with Crippen LogP contribution in [0.1, 0.15) is 32.2 Å². The average molecular weight is 481 g/mol. The minimum absolute atomic E-state index is 0.0671. The lowest BCUT2D eigenvalue weighted by molar-refractivity contribution is -0.132. The molecule has 11 nitrogen and oxygen atoms in total. The second kappa shape index (κ2) is 10.2. The maximum Gasteiger partial charge on any atom is 0.331 e. The van der Waals surface area contributed by atoms with E-state index in [9.17, 15) is 23.1 Å². The first-order valence-electron chi connectivity index (χ1n) is 10.5. The molecule has 2 heterocycles. The molecule has 1 aliphatic rings. The zero-order chi connectivity index (χ0) is 24.2. The summed E-state index contributed by atoms with van der Waals surface area (Å²) in [6.07, 6.45) is 4.42. The van der Waals surface area contributed by atoms with Crippen LogP contribution in [0.15, 0.2) is 52.8 Å². The van der Waals surface area contributed by atoms with E-state index in [1.807, 2.05) is 6.92 Å². The molecule has 0 unspecified atom stereocenters. The van der Waals surface area contributed by atoms with Crippen LogP contribution in [0.2, 0.25) is 0 Å². The lowest BCUT2D eigenvalue weighted by Gasteiger charge is -2.22. The highest BCUT2D eigenvalue weighted by atomic mass is 32.2. The number of aromatic nitrogens is 2. The number of allylic oxidation sites excluding steroid dienone is 1. The second-order valence-electron chi connectivity index (χ2n) is 7.71. The van der Waals surface area contributed by atoms with Crippen LogP contribution in [0, 0.1) is 0 Å². The van der Waals surface area contributed by atoms with Crippen LogP contribution in [0.25, 0.3) is 0 Å². The number of carbonyl (C=O) groups is 1. The molecule has 1 saturated heterocycles. The maximum absolute atomic E-state index is 13.3. The first kappa shape index (κ1) is 24.6. The van der Waals surface area contributed by atoms with Gasteiger partial charge in [0.05, 0.1) is 23.7 Å². The molecule has 1 aliphatic heterocycles. The van der Waals surface area contributed by atoms with Gasteiger partial charge in [-0.15, -0.1) is 6.58 Å². The van der Waals surface area contributed by atoms with Gasteiger partial charge in [-0.1, -0.05) is 19.4 Å². The monoisotopic (exact) mass is 480 g/mol.